The van der Waals surface area contributed by atoms with E-state index in [9.17, 15) is 9.59 Å². The van der Waals surface area contributed by atoms with Crippen molar-refractivity contribution in [1.29, 1.82) is 0 Å². The fourth-order valence-corrected chi connectivity index (χ4v) is 3.69. The smallest absolute Gasteiger partial charge is 0.418 e. The van der Waals surface area contributed by atoms with Crippen LogP contribution < -0.4 is 0 Å². The van der Waals surface area contributed by atoms with E-state index in [-0.39, 0.29) is 12.6 Å². The average Bonchev–Trinajstić information content (AvgIpc) is 3.25. The zero-order valence-electron chi connectivity index (χ0n) is 18.9. The third-order valence-corrected chi connectivity index (χ3v) is 5.56. The average molecular weight is 436 g/mol. The van der Waals surface area contributed by atoms with Crippen LogP contribution in [0.25, 0.3) is 10.9 Å². The van der Waals surface area contributed by atoms with Gasteiger partial charge in [0.2, 0.25) is 0 Å². The van der Waals surface area contributed by atoms with E-state index in [0.29, 0.717) is 17.7 Å². The molecule has 0 spiro atoms. The number of esters is 1. The predicted octanol–water partition coefficient (Wildman–Crippen LogP) is 7.12. The second-order valence-corrected chi connectivity index (χ2v) is 8.11. The molecule has 0 atom stereocenters. The van der Waals surface area contributed by atoms with Gasteiger partial charge in [-0.1, -0.05) is 88.3 Å². The lowest BCUT2D eigenvalue weighted by Crippen LogP contribution is -2.13. The molecule has 3 rings (SSSR count). The number of fused-ring (bicyclic) bond motifs is 1. The second-order valence-electron chi connectivity index (χ2n) is 8.11. The van der Waals surface area contributed by atoms with Gasteiger partial charge in [-0.25, -0.2) is 9.59 Å². The van der Waals surface area contributed by atoms with Gasteiger partial charge in [0.15, 0.2) is 0 Å². The Morgan fingerprint density at radius 1 is 0.812 bits per heavy atom. The fraction of sp³-hybridized carbons (Fsp3) is 0.407. The number of hydrogen-bond donors (Lipinski definition) is 0. The molecule has 3 aromatic rings. The normalized spacial score (nSPS) is 10.9. The molecule has 2 aromatic carbocycles. The van der Waals surface area contributed by atoms with Crippen molar-refractivity contribution in [2.45, 2.75) is 64.9 Å². The molecule has 0 saturated carbocycles. The quantitative estimate of drug-likeness (QED) is 0.224. The maximum absolute atomic E-state index is 12.6. The van der Waals surface area contributed by atoms with Gasteiger partial charge in [-0.3, -0.25) is 4.57 Å². The molecule has 0 aliphatic heterocycles. The minimum atomic E-state index is -0.478. The van der Waals surface area contributed by atoms with Crippen LogP contribution in [0.1, 0.15) is 74.2 Å². The van der Waals surface area contributed by atoms with E-state index in [0.717, 1.165) is 23.8 Å². The predicted molar refractivity (Wildman–Crippen MR) is 127 cm³/mol. The first-order valence-corrected chi connectivity index (χ1v) is 11.7. The van der Waals surface area contributed by atoms with Crippen molar-refractivity contribution in [3.8, 4) is 0 Å². The van der Waals surface area contributed by atoms with Crippen LogP contribution in [-0.2, 0) is 16.1 Å². The van der Waals surface area contributed by atoms with Crippen LogP contribution in [0.2, 0.25) is 0 Å². The van der Waals surface area contributed by atoms with E-state index < -0.39 is 6.09 Å². The van der Waals surface area contributed by atoms with Gasteiger partial charge in [0.05, 0.1) is 17.7 Å². The van der Waals surface area contributed by atoms with Crippen molar-refractivity contribution < 1.29 is 19.1 Å². The molecule has 0 radical (unpaired) electrons. The number of aromatic nitrogens is 1. The van der Waals surface area contributed by atoms with Gasteiger partial charge < -0.3 is 9.47 Å². The standard InChI is InChI=1S/C27H33NO4/c1-2-3-4-5-6-7-8-12-19-31-26(29)24-16-15-23-17-18-28(25(23)20-24)27(30)32-21-22-13-10-9-11-14-22/h9-11,13-18,20H,2-8,12,19,21H2,1H3. The van der Waals surface area contributed by atoms with Crippen molar-refractivity contribution in [3.05, 3.63) is 71.9 Å². The number of hydrogen-bond acceptors (Lipinski definition) is 4. The van der Waals surface area contributed by atoms with Crippen LogP contribution in [0.15, 0.2) is 60.8 Å². The van der Waals surface area contributed by atoms with Gasteiger partial charge in [-0.15, -0.1) is 0 Å². The van der Waals surface area contributed by atoms with Crippen molar-refractivity contribution in [1.82, 2.24) is 4.57 Å². The molecule has 0 saturated heterocycles. The van der Waals surface area contributed by atoms with Crippen LogP contribution in [-0.4, -0.2) is 23.2 Å². The highest BCUT2D eigenvalue weighted by Gasteiger charge is 2.14. The Morgan fingerprint density at radius 2 is 1.53 bits per heavy atom. The van der Waals surface area contributed by atoms with Crippen molar-refractivity contribution >= 4 is 23.0 Å². The van der Waals surface area contributed by atoms with E-state index in [1.54, 1.807) is 18.3 Å². The second kappa shape index (κ2) is 12.7. The van der Waals surface area contributed by atoms with E-state index in [2.05, 4.69) is 6.92 Å². The molecule has 0 N–H and O–H groups in total. The maximum atomic E-state index is 12.6. The summed E-state index contributed by atoms with van der Waals surface area (Å²) in [5.41, 5.74) is 1.99. The molecule has 0 unspecified atom stereocenters. The van der Waals surface area contributed by atoms with Crippen LogP contribution in [0.4, 0.5) is 4.79 Å². The molecule has 5 heteroatoms. The lowest BCUT2D eigenvalue weighted by Gasteiger charge is -2.08. The number of benzene rings is 2. The van der Waals surface area contributed by atoms with Crippen LogP contribution in [0.3, 0.4) is 0 Å². The molecule has 0 aliphatic carbocycles. The lowest BCUT2D eigenvalue weighted by molar-refractivity contribution is 0.0497. The van der Waals surface area contributed by atoms with Gasteiger partial charge in [0, 0.05) is 11.6 Å². The topological polar surface area (TPSA) is 57.5 Å². The molecule has 32 heavy (non-hydrogen) atoms. The summed E-state index contributed by atoms with van der Waals surface area (Å²) in [6.07, 6.45) is 10.8. The molecule has 0 fully saturated rings. The zero-order chi connectivity index (χ0) is 22.6. The first kappa shape index (κ1) is 23.6. The van der Waals surface area contributed by atoms with Gasteiger partial charge in [0.25, 0.3) is 0 Å². The highest BCUT2D eigenvalue weighted by atomic mass is 16.5. The largest absolute Gasteiger partial charge is 0.462 e. The van der Waals surface area contributed by atoms with Crippen molar-refractivity contribution in [2.24, 2.45) is 0 Å². The van der Waals surface area contributed by atoms with Gasteiger partial charge >= 0.3 is 12.1 Å². The van der Waals surface area contributed by atoms with Crippen molar-refractivity contribution in [3.63, 3.8) is 0 Å². The summed E-state index contributed by atoms with van der Waals surface area (Å²) in [5.74, 6) is -0.361. The molecule has 1 heterocycles. The van der Waals surface area contributed by atoms with Crippen LogP contribution >= 0.6 is 0 Å². The van der Waals surface area contributed by atoms with E-state index in [4.69, 9.17) is 9.47 Å². The monoisotopic (exact) mass is 435 g/mol. The number of nitrogens with zero attached hydrogens (tertiary/aromatic N) is 1. The number of rotatable bonds is 12. The summed E-state index contributed by atoms with van der Waals surface area (Å²) in [4.78, 5) is 25.0. The Labute approximate surface area is 190 Å². The first-order valence-electron chi connectivity index (χ1n) is 11.7. The Morgan fingerprint density at radius 3 is 2.28 bits per heavy atom. The first-order chi connectivity index (χ1) is 15.7. The van der Waals surface area contributed by atoms with Crippen molar-refractivity contribution in [2.75, 3.05) is 6.61 Å². The lowest BCUT2D eigenvalue weighted by atomic mass is 10.1. The minimum absolute atomic E-state index is 0.194. The fourth-order valence-electron chi connectivity index (χ4n) is 3.69. The van der Waals surface area contributed by atoms with Gasteiger partial charge in [-0.2, -0.15) is 0 Å². The molecule has 170 valence electrons. The van der Waals surface area contributed by atoms with E-state index in [1.165, 1.54) is 43.1 Å². The highest BCUT2D eigenvalue weighted by Crippen LogP contribution is 2.19. The highest BCUT2D eigenvalue weighted by molar-refractivity contribution is 5.97. The Kier molecular flexibility index (Phi) is 9.36. The molecule has 0 bridgehead atoms. The number of ether oxygens (including phenoxy) is 2. The van der Waals surface area contributed by atoms with Crippen LogP contribution in [0.5, 0.6) is 0 Å². The van der Waals surface area contributed by atoms with Gasteiger partial charge in [-0.05, 0) is 30.2 Å². The number of carbonyl (C=O) groups excluding carboxylic acids is 2. The zero-order valence-corrected chi connectivity index (χ0v) is 18.9. The maximum Gasteiger partial charge on any atom is 0.418 e. The molecule has 1 aromatic heterocycles. The molecular formula is C27H33NO4. The Balaban J connectivity index is 1.49. The SMILES string of the molecule is CCCCCCCCCCOC(=O)c1ccc2ccn(C(=O)OCc3ccccc3)c2c1. The van der Waals surface area contributed by atoms with Crippen LogP contribution in [0, 0.1) is 0 Å². The molecule has 0 amide bonds. The summed E-state index contributed by atoms with van der Waals surface area (Å²) >= 11 is 0. The third kappa shape index (κ3) is 6.98. The summed E-state index contributed by atoms with van der Waals surface area (Å²) in [5, 5.41) is 0.862. The number of unbranched alkanes of at least 4 members (excludes halogenated alkanes) is 7. The third-order valence-electron chi connectivity index (χ3n) is 5.56. The van der Waals surface area contributed by atoms with E-state index >= 15 is 0 Å². The number of carbonyl (C=O) groups is 2. The summed E-state index contributed by atoms with van der Waals surface area (Å²) < 4.78 is 12.3. The molecular weight excluding hydrogens is 402 g/mol. The Bertz CT molecular complexity index is 993. The minimum Gasteiger partial charge on any atom is -0.462 e. The van der Waals surface area contributed by atoms with Gasteiger partial charge in [0.1, 0.15) is 6.61 Å². The summed E-state index contributed by atoms with van der Waals surface area (Å²) in [7, 11) is 0. The molecule has 5 nitrogen and oxygen atoms in total. The summed E-state index contributed by atoms with van der Waals surface area (Å²) in [6.45, 7) is 2.84. The molecule has 0 aliphatic rings. The van der Waals surface area contributed by atoms with E-state index in [1.807, 2.05) is 42.5 Å². The Hall–Kier alpha value is -3.08. The summed E-state index contributed by atoms with van der Waals surface area (Å²) in [6, 6.07) is 16.6.